The fourth-order valence-corrected chi connectivity index (χ4v) is 4.46. The molecule has 0 bridgehead atoms. The third-order valence-electron chi connectivity index (χ3n) is 4.73. The summed E-state index contributed by atoms with van der Waals surface area (Å²) >= 11 is 1.74. The van der Waals surface area contributed by atoms with E-state index < -0.39 is 0 Å². The SMILES string of the molecule is COc1ccc(CCC(=O)N2CCS[C@@H](c3ccccc3F)CC2)cc1. The van der Waals surface area contributed by atoms with Crippen LogP contribution in [-0.4, -0.2) is 36.8 Å². The molecule has 138 valence electrons. The summed E-state index contributed by atoms with van der Waals surface area (Å²) in [5.74, 6) is 1.69. The van der Waals surface area contributed by atoms with Gasteiger partial charge in [0.1, 0.15) is 11.6 Å². The van der Waals surface area contributed by atoms with Crippen molar-refractivity contribution in [1.29, 1.82) is 0 Å². The minimum absolute atomic E-state index is 0.121. The van der Waals surface area contributed by atoms with Gasteiger partial charge in [0.05, 0.1) is 7.11 Å². The lowest BCUT2D eigenvalue weighted by Crippen LogP contribution is -2.33. The van der Waals surface area contributed by atoms with E-state index in [-0.39, 0.29) is 17.0 Å². The second-order valence-corrected chi connectivity index (χ2v) is 7.71. The minimum atomic E-state index is -0.149. The highest BCUT2D eigenvalue weighted by Crippen LogP contribution is 2.35. The highest BCUT2D eigenvalue weighted by molar-refractivity contribution is 7.99. The van der Waals surface area contributed by atoms with E-state index in [2.05, 4.69) is 0 Å². The molecule has 1 aliphatic rings. The molecule has 0 spiro atoms. The van der Waals surface area contributed by atoms with Crippen LogP contribution in [0.3, 0.4) is 0 Å². The first-order chi connectivity index (χ1) is 12.7. The van der Waals surface area contributed by atoms with Gasteiger partial charge in [-0.15, -0.1) is 0 Å². The number of carbonyl (C=O) groups excluding carboxylic acids is 1. The number of amides is 1. The number of rotatable bonds is 5. The quantitative estimate of drug-likeness (QED) is 0.774. The number of thioether (sulfide) groups is 1. The van der Waals surface area contributed by atoms with Gasteiger partial charge in [-0.2, -0.15) is 11.8 Å². The molecule has 0 aromatic heterocycles. The first-order valence-corrected chi connectivity index (χ1v) is 9.99. The molecule has 0 saturated carbocycles. The van der Waals surface area contributed by atoms with Gasteiger partial charge < -0.3 is 9.64 Å². The van der Waals surface area contributed by atoms with E-state index in [1.807, 2.05) is 41.3 Å². The number of halogens is 1. The number of hydrogen-bond donors (Lipinski definition) is 0. The third-order valence-corrected chi connectivity index (χ3v) is 6.04. The van der Waals surface area contributed by atoms with Crippen LogP contribution in [0.25, 0.3) is 0 Å². The average molecular weight is 373 g/mol. The van der Waals surface area contributed by atoms with Crippen molar-refractivity contribution in [2.24, 2.45) is 0 Å². The third kappa shape index (κ3) is 4.79. The van der Waals surface area contributed by atoms with E-state index >= 15 is 0 Å². The maximum Gasteiger partial charge on any atom is 0.222 e. The van der Waals surface area contributed by atoms with Gasteiger partial charge in [-0.05, 0) is 36.6 Å². The van der Waals surface area contributed by atoms with Gasteiger partial charge in [0.25, 0.3) is 0 Å². The lowest BCUT2D eigenvalue weighted by molar-refractivity contribution is -0.130. The van der Waals surface area contributed by atoms with Crippen LogP contribution in [0.1, 0.15) is 29.2 Å². The molecule has 0 aliphatic carbocycles. The van der Waals surface area contributed by atoms with E-state index in [0.29, 0.717) is 13.0 Å². The van der Waals surface area contributed by atoms with Crippen molar-refractivity contribution < 1.29 is 13.9 Å². The normalized spacial score (nSPS) is 17.6. The average Bonchev–Trinajstić information content (AvgIpc) is 2.93. The van der Waals surface area contributed by atoms with Crippen LogP contribution in [0.5, 0.6) is 5.75 Å². The maximum absolute atomic E-state index is 14.0. The Balaban J connectivity index is 1.53. The first-order valence-electron chi connectivity index (χ1n) is 8.94. The van der Waals surface area contributed by atoms with Gasteiger partial charge in [-0.3, -0.25) is 4.79 Å². The van der Waals surface area contributed by atoms with Crippen LogP contribution < -0.4 is 4.74 Å². The van der Waals surface area contributed by atoms with E-state index in [4.69, 9.17) is 4.74 Å². The number of carbonyl (C=O) groups is 1. The zero-order valence-electron chi connectivity index (χ0n) is 15.0. The summed E-state index contributed by atoms with van der Waals surface area (Å²) < 4.78 is 19.2. The Labute approximate surface area is 158 Å². The number of ether oxygens (including phenoxy) is 1. The lowest BCUT2D eigenvalue weighted by Gasteiger charge is -2.20. The van der Waals surface area contributed by atoms with E-state index in [0.717, 1.165) is 42.0 Å². The molecule has 0 N–H and O–H groups in total. The maximum atomic E-state index is 14.0. The first kappa shape index (κ1) is 18.8. The second-order valence-electron chi connectivity index (χ2n) is 6.40. The molecular weight excluding hydrogens is 349 g/mol. The number of aryl methyl sites for hydroxylation is 1. The molecule has 5 heteroatoms. The summed E-state index contributed by atoms with van der Waals surface area (Å²) in [7, 11) is 1.64. The van der Waals surface area contributed by atoms with Crippen LogP contribution in [0.15, 0.2) is 48.5 Å². The molecule has 1 amide bonds. The standard InChI is InChI=1S/C21H24FNO2S/c1-25-17-9-6-16(7-10-17)8-11-21(24)23-13-12-20(26-15-14-23)18-4-2-3-5-19(18)22/h2-7,9-10,20H,8,11-15H2,1H3/t20-/m1/s1. The zero-order valence-corrected chi connectivity index (χ0v) is 15.8. The Morgan fingerprint density at radius 2 is 1.96 bits per heavy atom. The number of nitrogens with zero attached hydrogens (tertiary/aromatic N) is 1. The zero-order chi connectivity index (χ0) is 18.4. The van der Waals surface area contributed by atoms with Gasteiger partial charge in [-0.25, -0.2) is 4.39 Å². The monoisotopic (exact) mass is 373 g/mol. The largest absolute Gasteiger partial charge is 0.497 e. The molecular formula is C21H24FNO2S. The van der Waals surface area contributed by atoms with Gasteiger partial charge in [0.15, 0.2) is 0 Å². The molecule has 2 aromatic carbocycles. The van der Waals surface area contributed by atoms with Crippen LogP contribution in [0, 0.1) is 5.82 Å². The number of hydrogen-bond acceptors (Lipinski definition) is 3. The second kappa shape index (κ2) is 9.08. The van der Waals surface area contributed by atoms with Crippen LogP contribution in [-0.2, 0) is 11.2 Å². The topological polar surface area (TPSA) is 29.5 Å². The molecule has 1 fully saturated rings. The Bertz CT molecular complexity index is 735. The molecule has 1 heterocycles. The highest BCUT2D eigenvalue weighted by atomic mass is 32.2. The van der Waals surface area contributed by atoms with Crippen molar-refractivity contribution in [3.05, 3.63) is 65.5 Å². The van der Waals surface area contributed by atoms with Crippen molar-refractivity contribution in [3.8, 4) is 5.75 Å². The molecule has 2 aromatic rings. The smallest absolute Gasteiger partial charge is 0.222 e. The Kier molecular flexibility index (Phi) is 6.56. The van der Waals surface area contributed by atoms with E-state index in [1.165, 1.54) is 6.07 Å². The molecule has 0 radical (unpaired) electrons. The fraction of sp³-hybridized carbons (Fsp3) is 0.381. The summed E-state index contributed by atoms with van der Waals surface area (Å²) in [6.45, 7) is 1.42. The van der Waals surface area contributed by atoms with Crippen molar-refractivity contribution in [3.63, 3.8) is 0 Å². The summed E-state index contributed by atoms with van der Waals surface area (Å²) in [6, 6.07) is 14.8. The van der Waals surface area contributed by atoms with E-state index in [9.17, 15) is 9.18 Å². The van der Waals surface area contributed by atoms with Crippen molar-refractivity contribution in [2.75, 3.05) is 26.0 Å². The van der Waals surface area contributed by atoms with Crippen molar-refractivity contribution in [1.82, 2.24) is 4.90 Å². The van der Waals surface area contributed by atoms with Gasteiger partial charge in [0.2, 0.25) is 5.91 Å². The molecule has 1 atom stereocenters. The van der Waals surface area contributed by atoms with Gasteiger partial charge in [0, 0.05) is 36.1 Å². The molecule has 3 nitrogen and oxygen atoms in total. The van der Waals surface area contributed by atoms with E-state index in [1.54, 1.807) is 24.9 Å². The summed E-state index contributed by atoms with van der Waals surface area (Å²) in [6.07, 6.45) is 2.02. The highest BCUT2D eigenvalue weighted by Gasteiger charge is 2.23. The fourth-order valence-electron chi connectivity index (χ4n) is 3.21. The summed E-state index contributed by atoms with van der Waals surface area (Å²) in [5, 5.41) is 0.121. The van der Waals surface area contributed by atoms with Crippen LogP contribution >= 0.6 is 11.8 Å². The van der Waals surface area contributed by atoms with Crippen molar-refractivity contribution >= 4 is 17.7 Å². The summed E-state index contributed by atoms with van der Waals surface area (Å²) in [5.41, 5.74) is 1.89. The molecule has 3 rings (SSSR count). The lowest BCUT2D eigenvalue weighted by atomic mass is 10.1. The van der Waals surface area contributed by atoms with Gasteiger partial charge >= 0.3 is 0 Å². The Hall–Kier alpha value is -2.01. The predicted octanol–water partition coefficient (Wildman–Crippen LogP) is 4.47. The molecule has 26 heavy (non-hydrogen) atoms. The molecule has 1 saturated heterocycles. The van der Waals surface area contributed by atoms with Crippen LogP contribution in [0.2, 0.25) is 0 Å². The predicted molar refractivity (Wildman–Crippen MR) is 104 cm³/mol. The van der Waals surface area contributed by atoms with Crippen LogP contribution in [0.4, 0.5) is 4.39 Å². The molecule has 1 aliphatic heterocycles. The Morgan fingerprint density at radius 3 is 2.69 bits per heavy atom. The summed E-state index contributed by atoms with van der Waals surface area (Å²) in [4.78, 5) is 14.5. The Morgan fingerprint density at radius 1 is 1.19 bits per heavy atom. The van der Waals surface area contributed by atoms with Gasteiger partial charge in [-0.1, -0.05) is 30.3 Å². The number of methoxy groups -OCH3 is 1. The molecule has 0 unspecified atom stereocenters. The number of benzene rings is 2. The minimum Gasteiger partial charge on any atom is -0.497 e. The van der Waals surface area contributed by atoms with Crippen molar-refractivity contribution in [2.45, 2.75) is 24.5 Å².